The summed E-state index contributed by atoms with van der Waals surface area (Å²) in [5.74, 6) is 0.0867. The standard InChI is InChI=1S/C23H22ClFN4O/c1-15-7-8-20(11-21(15)24)28-22(30)17-5-3-9-29(14-17)23-26-12-18(13-27-23)16-4-2-6-19(25)10-16/h2,4,6-8,10-13,17H,3,5,9,14H2,1H3,(H,28,30). The van der Waals surface area contributed by atoms with E-state index in [0.29, 0.717) is 23.2 Å². The normalized spacial score (nSPS) is 16.4. The number of carbonyl (C=O) groups excluding carboxylic acids is 1. The number of aromatic nitrogens is 2. The molecular formula is C23H22ClFN4O. The van der Waals surface area contributed by atoms with Crippen LogP contribution < -0.4 is 10.2 Å². The van der Waals surface area contributed by atoms with E-state index in [0.717, 1.165) is 36.1 Å². The summed E-state index contributed by atoms with van der Waals surface area (Å²) in [5.41, 5.74) is 3.15. The molecule has 0 spiro atoms. The van der Waals surface area contributed by atoms with Crippen LogP contribution in [-0.4, -0.2) is 29.0 Å². The second kappa shape index (κ2) is 8.79. The van der Waals surface area contributed by atoms with E-state index in [1.807, 2.05) is 30.0 Å². The molecule has 5 nitrogen and oxygen atoms in total. The lowest BCUT2D eigenvalue weighted by Gasteiger charge is -2.32. The van der Waals surface area contributed by atoms with E-state index in [4.69, 9.17) is 11.6 Å². The van der Waals surface area contributed by atoms with Gasteiger partial charge in [-0.2, -0.15) is 0 Å². The quantitative estimate of drug-likeness (QED) is 0.633. The lowest BCUT2D eigenvalue weighted by atomic mass is 9.97. The highest BCUT2D eigenvalue weighted by atomic mass is 35.5. The molecule has 1 amide bonds. The highest BCUT2D eigenvalue weighted by Gasteiger charge is 2.27. The van der Waals surface area contributed by atoms with Gasteiger partial charge in [0.15, 0.2) is 0 Å². The predicted molar refractivity (Wildman–Crippen MR) is 117 cm³/mol. The summed E-state index contributed by atoms with van der Waals surface area (Å²) in [4.78, 5) is 23.7. The minimum absolute atomic E-state index is 0.0315. The molecule has 1 unspecified atom stereocenters. The Hall–Kier alpha value is -2.99. The Morgan fingerprint density at radius 3 is 2.70 bits per heavy atom. The number of halogens is 2. The van der Waals surface area contributed by atoms with Crippen LogP contribution in [0, 0.1) is 18.7 Å². The summed E-state index contributed by atoms with van der Waals surface area (Å²) >= 11 is 6.16. The number of rotatable bonds is 4. The zero-order valence-electron chi connectivity index (χ0n) is 16.6. The average molecular weight is 425 g/mol. The Morgan fingerprint density at radius 2 is 1.97 bits per heavy atom. The van der Waals surface area contributed by atoms with Gasteiger partial charge in [0.1, 0.15) is 5.82 Å². The third kappa shape index (κ3) is 4.60. The lowest BCUT2D eigenvalue weighted by Crippen LogP contribution is -2.41. The van der Waals surface area contributed by atoms with Crippen molar-refractivity contribution in [3.8, 4) is 11.1 Å². The van der Waals surface area contributed by atoms with Crippen LogP contribution in [0.1, 0.15) is 18.4 Å². The van der Waals surface area contributed by atoms with Gasteiger partial charge in [-0.25, -0.2) is 14.4 Å². The van der Waals surface area contributed by atoms with Crippen LogP contribution in [-0.2, 0) is 4.79 Å². The Bertz CT molecular complexity index is 1060. The number of anilines is 2. The van der Waals surface area contributed by atoms with Gasteiger partial charge in [-0.1, -0.05) is 29.8 Å². The highest BCUT2D eigenvalue weighted by Crippen LogP contribution is 2.25. The molecular weight excluding hydrogens is 403 g/mol. The number of nitrogens with one attached hydrogen (secondary N) is 1. The van der Waals surface area contributed by atoms with Crippen molar-refractivity contribution in [2.45, 2.75) is 19.8 Å². The largest absolute Gasteiger partial charge is 0.340 e. The first-order valence-electron chi connectivity index (χ1n) is 9.89. The molecule has 0 bridgehead atoms. The Labute approximate surface area is 179 Å². The van der Waals surface area contributed by atoms with Gasteiger partial charge in [-0.3, -0.25) is 4.79 Å². The van der Waals surface area contributed by atoms with Crippen molar-refractivity contribution in [2.24, 2.45) is 5.92 Å². The third-order valence-corrected chi connectivity index (χ3v) is 5.72. The van der Waals surface area contributed by atoms with Crippen molar-refractivity contribution < 1.29 is 9.18 Å². The molecule has 1 aliphatic heterocycles. The summed E-state index contributed by atoms with van der Waals surface area (Å²) < 4.78 is 13.4. The van der Waals surface area contributed by atoms with E-state index in [1.165, 1.54) is 12.1 Å². The molecule has 0 radical (unpaired) electrons. The van der Waals surface area contributed by atoms with Crippen LogP contribution in [0.5, 0.6) is 0 Å². The molecule has 2 heterocycles. The van der Waals surface area contributed by atoms with Crippen molar-refractivity contribution >= 4 is 29.1 Å². The van der Waals surface area contributed by atoms with Crippen LogP contribution in [0.4, 0.5) is 16.0 Å². The molecule has 1 saturated heterocycles. The van der Waals surface area contributed by atoms with E-state index in [1.54, 1.807) is 24.5 Å². The molecule has 2 aromatic carbocycles. The SMILES string of the molecule is Cc1ccc(NC(=O)C2CCCN(c3ncc(-c4cccc(F)c4)cn3)C2)cc1Cl. The molecule has 1 atom stereocenters. The van der Waals surface area contributed by atoms with Gasteiger partial charge in [-0.05, 0) is 55.2 Å². The summed E-state index contributed by atoms with van der Waals surface area (Å²) in [7, 11) is 0. The number of hydrogen-bond acceptors (Lipinski definition) is 4. The maximum atomic E-state index is 13.4. The molecule has 1 N–H and O–H groups in total. The van der Waals surface area contributed by atoms with Crippen molar-refractivity contribution in [3.63, 3.8) is 0 Å². The molecule has 1 aromatic heterocycles. The Morgan fingerprint density at radius 1 is 1.17 bits per heavy atom. The summed E-state index contributed by atoms with van der Waals surface area (Å²) in [6.07, 6.45) is 5.06. The van der Waals surface area contributed by atoms with E-state index in [-0.39, 0.29) is 17.6 Å². The second-order valence-electron chi connectivity index (χ2n) is 7.52. The van der Waals surface area contributed by atoms with Gasteiger partial charge in [0, 0.05) is 41.8 Å². The molecule has 3 aromatic rings. The smallest absolute Gasteiger partial charge is 0.229 e. The zero-order chi connectivity index (χ0) is 21.1. The molecule has 4 rings (SSSR count). The van der Waals surface area contributed by atoms with Crippen molar-refractivity contribution in [1.29, 1.82) is 0 Å². The van der Waals surface area contributed by atoms with Gasteiger partial charge in [-0.15, -0.1) is 0 Å². The van der Waals surface area contributed by atoms with Crippen molar-refractivity contribution in [3.05, 3.63) is 71.3 Å². The fourth-order valence-electron chi connectivity index (χ4n) is 3.59. The zero-order valence-corrected chi connectivity index (χ0v) is 17.4. The van der Waals surface area contributed by atoms with Crippen LogP contribution in [0.3, 0.4) is 0 Å². The maximum Gasteiger partial charge on any atom is 0.229 e. The Kier molecular flexibility index (Phi) is 5.95. The third-order valence-electron chi connectivity index (χ3n) is 5.31. The number of aryl methyl sites for hydroxylation is 1. The van der Waals surface area contributed by atoms with Crippen LogP contribution in [0.2, 0.25) is 5.02 Å². The Balaban J connectivity index is 1.43. The molecule has 30 heavy (non-hydrogen) atoms. The highest BCUT2D eigenvalue weighted by molar-refractivity contribution is 6.31. The van der Waals surface area contributed by atoms with Gasteiger partial charge in [0.2, 0.25) is 11.9 Å². The number of benzene rings is 2. The molecule has 7 heteroatoms. The van der Waals surface area contributed by atoms with Gasteiger partial charge >= 0.3 is 0 Å². The van der Waals surface area contributed by atoms with Crippen molar-refractivity contribution in [2.75, 3.05) is 23.3 Å². The lowest BCUT2D eigenvalue weighted by molar-refractivity contribution is -0.120. The maximum absolute atomic E-state index is 13.4. The van der Waals surface area contributed by atoms with Gasteiger partial charge < -0.3 is 10.2 Å². The van der Waals surface area contributed by atoms with Gasteiger partial charge in [0.25, 0.3) is 0 Å². The number of nitrogens with zero attached hydrogens (tertiary/aromatic N) is 3. The monoisotopic (exact) mass is 424 g/mol. The first-order valence-corrected chi connectivity index (χ1v) is 10.3. The fraction of sp³-hybridized carbons (Fsp3) is 0.261. The van der Waals surface area contributed by atoms with E-state index in [9.17, 15) is 9.18 Å². The fourth-order valence-corrected chi connectivity index (χ4v) is 3.77. The minimum atomic E-state index is -0.295. The van der Waals surface area contributed by atoms with Gasteiger partial charge in [0.05, 0.1) is 5.92 Å². The predicted octanol–water partition coefficient (Wildman–Crippen LogP) is 5.10. The van der Waals surface area contributed by atoms with Crippen LogP contribution >= 0.6 is 11.6 Å². The number of hydrogen-bond donors (Lipinski definition) is 1. The summed E-state index contributed by atoms with van der Waals surface area (Å²) in [6, 6.07) is 11.9. The summed E-state index contributed by atoms with van der Waals surface area (Å²) in [5, 5.41) is 3.59. The molecule has 0 saturated carbocycles. The van der Waals surface area contributed by atoms with Crippen LogP contribution in [0.15, 0.2) is 54.9 Å². The average Bonchev–Trinajstić information content (AvgIpc) is 2.76. The van der Waals surface area contributed by atoms with Crippen molar-refractivity contribution in [1.82, 2.24) is 9.97 Å². The molecule has 0 aliphatic carbocycles. The number of amides is 1. The topological polar surface area (TPSA) is 58.1 Å². The molecule has 1 aliphatic rings. The minimum Gasteiger partial charge on any atom is -0.340 e. The first-order chi connectivity index (χ1) is 14.5. The van der Waals surface area contributed by atoms with E-state index >= 15 is 0 Å². The van der Waals surface area contributed by atoms with E-state index < -0.39 is 0 Å². The van der Waals surface area contributed by atoms with E-state index in [2.05, 4.69) is 15.3 Å². The number of carbonyl (C=O) groups is 1. The first kappa shape index (κ1) is 20.3. The summed E-state index contributed by atoms with van der Waals surface area (Å²) in [6.45, 7) is 3.26. The molecule has 154 valence electrons. The molecule has 1 fully saturated rings. The second-order valence-corrected chi connectivity index (χ2v) is 7.93. The van der Waals surface area contributed by atoms with Crippen LogP contribution in [0.25, 0.3) is 11.1 Å². The number of piperidine rings is 1.